The first kappa shape index (κ1) is 23.1. The van der Waals surface area contributed by atoms with Gasteiger partial charge < -0.3 is 5.32 Å². The van der Waals surface area contributed by atoms with Crippen LogP contribution >= 0.6 is 23.4 Å². The van der Waals surface area contributed by atoms with Gasteiger partial charge in [-0.05, 0) is 50.1 Å². The summed E-state index contributed by atoms with van der Waals surface area (Å²) in [4.78, 5) is 13.9. The normalized spacial score (nSPS) is 15.5. The maximum absolute atomic E-state index is 13.0. The van der Waals surface area contributed by atoms with Gasteiger partial charge in [0.2, 0.25) is 10.0 Å². The van der Waals surface area contributed by atoms with E-state index in [-0.39, 0.29) is 21.4 Å². The highest BCUT2D eigenvalue weighted by atomic mass is 35.5. The van der Waals surface area contributed by atoms with Crippen molar-refractivity contribution in [1.82, 2.24) is 9.62 Å². The molecule has 0 aliphatic carbocycles. The molecule has 2 aromatic rings. The Kier molecular flexibility index (Phi) is 8.22. The molecule has 1 heterocycles. The van der Waals surface area contributed by atoms with Gasteiger partial charge in [0, 0.05) is 30.3 Å². The van der Waals surface area contributed by atoms with E-state index < -0.39 is 10.0 Å². The van der Waals surface area contributed by atoms with Crippen LogP contribution in [-0.2, 0) is 10.0 Å². The van der Waals surface area contributed by atoms with Crippen LogP contribution in [0, 0.1) is 6.92 Å². The van der Waals surface area contributed by atoms with Crippen LogP contribution in [0.1, 0.15) is 41.6 Å². The molecule has 5 nitrogen and oxygen atoms in total. The number of nitrogens with one attached hydrogen (secondary N) is 1. The fourth-order valence-corrected chi connectivity index (χ4v) is 5.85. The second-order valence-electron chi connectivity index (χ2n) is 7.38. The molecule has 1 N–H and O–H groups in total. The highest BCUT2D eigenvalue weighted by Crippen LogP contribution is 2.25. The van der Waals surface area contributed by atoms with Crippen molar-refractivity contribution in [3.8, 4) is 0 Å². The number of carbonyl (C=O) groups is 1. The Hall–Kier alpha value is -1.54. The lowest BCUT2D eigenvalue weighted by atomic mass is 10.2. The third-order valence-electron chi connectivity index (χ3n) is 5.06. The lowest BCUT2D eigenvalue weighted by Crippen LogP contribution is -2.32. The molecule has 0 bridgehead atoms. The number of thioether (sulfide) groups is 1. The van der Waals surface area contributed by atoms with E-state index in [0.29, 0.717) is 25.4 Å². The van der Waals surface area contributed by atoms with Crippen molar-refractivity contribution in [3.63, 3.8) is 0 Å². The predicted octanol–water partition coefficient (Wildman–Crippen LogP) is 4.74. The number of hydrogen-bond acceptors (Lipinski definition) is 4. The van der Waals surface area contributed by atoms with Gasteiger partial charge in [-0.1, -0.05) is 42.1 Å². The number of aryl methyl sites for hydroxylation is 1. The molecular formula is C22H27ClN2O3S2. The minimum Gasteiger partial charge on any atom is -0.351 e. The van der Waals surface area contributed by atoms with Gasteiger partial charge in [-0.15, -0.1) is 11.8 Å². The maximum atomic E-state index is 13.0. The van der Waals surface area contributed by atoms with E-state index in [9.17, 15) is 13.2 Å². The molecule has 0 atom stereocenters. The van der Waals surface area contributed by atoms with Crippen molar-refractivity contribution in [2.45, 2.75) is 42.4 Å². The number of rotatable bonds is 7. The van der Waals surface area contributed by atoms with Crippen molar-refractivity contribution in [1.29, 1.82) is 0 Å². The van der Waals surface area contributed by atoms with Crippen molar-refractivity contribution >= 4 is 39.3 Å². The fraction of sp³-hybridized carbons (Fsp3) is 0.409. The van der Waals surface area contributed by atoms with E-state index in [0.717, 1.165) is 30.6 Å². The number of carbonyl (C=O) groups excluding carboxylic acids is 1. The van der Waals surface area contributed by atoms with Crippen molar-refractivity contribution in [2.24, 2.45) is 0 Å². The third-order valence-corrected chi connectivity index (χ3v) is 8.30. The summed E-state index contributed by atoms with van der Waals surface area (Å²) in [5.41, 5.74) is 1.39. The molecule has 3 rings (SSSR count). The van der Waals surface area contributed by atoms with E-state index in [4.69, 9.17) is 11.6 Å². The van der Waals surface area contributed by atoms with E-state index >= 15 is 0 Å². The number of halogens is 1. The van der Waals surface area contributed by atoms with Gasteiger partial charge in [0.05, 0.1) is 15.5 Å². The molecule has 30 heavy (non-hydrogen) atoms. The van der Waals surface area contributed by atoms with E-state index in [1.165, 1.54) is 28.1 Å². The molecule has 1 saturated heterocycles. The first-order chi connectivity index (χ1) is 14.4. The number of benzene rings is 2. The van der Waals surface area contributed by atoms with E-state index in [1.54, 1.807) is 11.8 Å². The lowest BCUT2D eigenvalue weighted by molar-refractivity contribution is 0.0956. The van der Waals surface area contributed by atoms with Gasteiger partial charge in [0.15, 0.2) is 0 Å². The second kappa shape index (κ2) is 10.7. The average Bonchev–Trinajstić information content (AvgIpc) is 3.03. The van der Waals surface area contributed by atoms with Crippen molar-refractivity contribution in [2.75, 3.05) is 25.4 Å². The fourth-order valence-electron chi connectivity index (χ4n) is 3.33. The lowest BCUT2D eigenvalue weighted by Gasteiger charge is -2.20. The van der Waals surface area contributed by atoms with Gasteiger partial charge in [-0.25, -0.2) is 8.42 Å². The topological polar surface area (TPSA) is 66.5 Å². The van der Waals surface area contributed by atoms with Crippen molar-refractivity contribution < 1.29 is 13.2 Å². The molecular weight excluding hydrogens is 440 g/mol. The van der Waals surface area contributed by atoms with Crippen LogP contribution in [-0.4, -0.2) is 44.0 Å². The molecule has 162 valence electrons. The zero-order chi connectivity index (χ0) is 21.6. The van der Waals surface area contributed by atoms with Crippen molar-refractivity contribution in [3.05, 3.63) is 58.6 Å². The molecule has 1 fully saturated rings. The Labute approximate surface area is 188 Å². The van der Waals surface area contributed by atoms with Gasteiger partial charge in [-0.3, -0.25) is 4.79 Å². The summed E-state index contributed by atoms with van der Waals surface area (Å²) in [6, 6.07) is 12.6. The van der Waals surface area contributed by atoms with E-state index in [1.807, 2.05) is 6.92 Å². The van der Waals surface area contributed by atoms with Crippen LogP contribution in [0.2, 0.25) is 5.02 Å². The van der Waals surface area contributed by atoms with Crippen LogP contribution in [0.25, 0.3) is 0 Å². The molecule has 0 radical (unpaired) electrons. The average molecular weight is 467 g/mol. The number of hydrogen-bond donors (Lipinski definition) is 1. The quantitative estimate of drug-likeness (QED) is 0.473. The third kappa shape index (κ3) is 6.00. The van der Waals surface area contributed by atoms with Gasteiger partial charge in [0.25, 0.3) is 5.91 Å². The smallest absolute Gasteiger partial charge is 0.252 e. The number of sulfonamides is 1. The minimum atomic E-state index is -3.63. The minimum absolute atomic E-state index is 0.119. The van der Waals surface area contributed by atoms with Gasteiger partial charge >= 0.3 is 0 Å². The second-order valence-corrected chi connectivity index (χ2v) is 10.9. The zero-order valence-corrected chi connectivity index (χ0v) is 19.5. The summed E-state index contributed by atoms with van der Waals surface area (Å²) in [5, 5.41) is 3.08. The number of nitrogens with zero attached hydrogens (tertiary/aromatic N) is 1. The van der Waals surface area contributed by atoms with Gasteiger partial charge in [-0.2, -0.15) is 4.31 Å². The number of amides is 1. The molecule has 1 amide bonds. The molecule has 0 unspecified atom stereocenters. The predicted molar refractivity (Wildman–Crippen MR) is 123 cm³/mol. The summed E-state index contributed by atoms with van der Waals surface area (Å²) in [6.45, 7) is 3.53. The molecule has 0 saturated carbocycles. The Morgan fingerprint density at radius 2 is 1.73 bits per heavy atom. The van der Waals surface area contributed by atoms with Crippen LogP contribution < -0.4 is 5.32 Å². The molecule has 1 aliphatic heterocycles. The summed E-state index contributed by atoms with van der Waals surface area (Å²) in [6.07, 6.45) is 3.80. The molecule has 1 aliphatic rings. The summed E-state index contributed by atoms with van der Waals surface area (Å²) in [5.74, 6) is 0.343. The first-order valence-electron chi connectivity index (χ1n) is 10.2. The Morgan fingerprint density at radius 3 is 2.40 bits per heavy atom. The van der Waals surface area contributed by atoms with Crippen LogP contribution in [0.5, 0.6) is 0 Å². The van der Waals surface area contributed by atoms with E-state index in [2.05, 4.69) is 29.6 Å². The largest absolute Gasteiger partial charge is 0.351 e. The Bertz CT molecular complexity index is 970. The monoisotopic (exact) mass is 466 g/mol. The maximum Gasteiger partial charge on any atom is 0.252 e. The highest BCUT2D eigenvalue weighted by molar-refractivity contribution is 7.99. The van der Waals surface area contributed by atoms with Crippen LogP contribution in [0.4, 0.5) is 0 Å². The zero-order valence-electron chi connectivity index (χ0n) is 17.1. The molecule has 0 aromatic heterocycles. The molecule has 2 aromatic carbocycles. The standard InChI is InChI=1S/C22H27ClN2O3S2/c1-17-6-8-18(9-7-17)29-15-12-24-22(26)20-16-19(10-11-21(20)23)30(27,28)25-13-4-2-3-5-14-25/h6-11,16H,2-5,12-15H2,1H3,(H,24,26). The Morgan fingerprint density at radius 1 is 1.07 bits per heavy atom. The summed E-state index contributed by atoms with van der Waals surface area (Å²) in [7, 11) is -3.63. The SMILES string of the molecule is Cc1ccc(SCCNC(=O)c2cc(S(=O)(=O)N3CCCCCC3)ccc2Cl)cc1. The molecule has 0 spiro atoms. The summed E-state index contributed by atoms with van der Waals surface area (Å²) < 4.78 is 27.5. The Balaban J connectivity index is 1.63. The summed E-state index contributed by atoms with van der Waals surface area (Å²) >= 11 is 7.85. The van der Waals surface area contributed by atoms with Crippen LogP contribution in [0.15, 0.2) is 52.3 Å². The van der Waals surface area contributed by atoms with Gasteiger partial charge in [0.1, 0.15) is 0 Å². The molecule has 8 heteroatoms. The van der Waals surface area contributed by atoms with Crippen LogP contribution in [0.3, 0.4) is 0 Å². The highest BCUT2D eigenvalue weighted by Gasteiger charge is 2.26. The first-order valence-corrected chi connectivity index (χ1v) is 13.0.